The van der Waals surface area contributed by atoms with Crippen molar-refractivity contribution in [3.63, 3.8) is 0 Å². The van der Waals surface area contributed by atoms with Gasteiger partial charge in [-0.1, -0.05) is 24.3 Å². The van der Waals surface area contributed by atoms with E-state index in [0.29, 0.717) is 17.7 Å². The van der Waals surface area contributed by atoms with Crippen LogP contribution < -0.4 is 16.4 Å². The second kappa shape index (κ2) is 10.0. The normalized spacial score (nSPS) is 11.5. The highest BCUT2D eigenvalue weighted by atomic mass is 19.4. The maximum atomic E-state index is 13.3. The van der Waals surface area contributed by atoms with Crippen molar-refractivity contribution in [3.8, 4) is 11.3 Å². The monoisotopic (exact) mass is 535 g/mol. The first-order chi connectivity index (χ1) is 18.6. The number of hydrogen-bond acceptors (Lipinski definition) is 6. The number of pyridine rings is 1. The lowest BCUT2D eigenvalue weighted by molar-refractivity contribution is -0.137. The van der Waals surface area contributed by atoms with Gasteiger partial charge >= 0.3 is 6.18 Å². The number of aromatic nitrogens is 4. The fraction of sp³-hybridized carbons (Fsp3) is 0.111. The molecule has 8 nitrogen and oxygen atoms in total. The van der Waals surface area contributed by atoms with Crippen molar-refractivity contribution in [1.82, 2.24) is 19.5 Å². The molecule has 5 rings (SSSR count). The van der Waals surface area contributed by atoms with Gasteiger partial charge in [0.05, 0.1) is 22.2 Å². The number of nitrogens with zero attached hydrogens (tertiary/aromatic N) is 4. The van der Waals surface area contributed by atoms with E-state index in [1.807, 2.05) is 41.9 Å². The van der Waals surface area contributed by atoms with Crippen LogP contribution in [0.5, 0.6) is 0 Å². The number of anilines is 3. The van der Waals surface area contributed by atoms with E-state index in [2.05, 4.69) is 25.6 Å². The summed E-state index contributed by atoms with van der Waals surface area (Å²) < 4.78 is 55.1. The van der Waals surface area contributed by atoms with Gasteiger partial charge in [0.15, 0.2) is 0 Å². The van der Waals surface area contributed by atoms with Crippen molar-refractivity contribution in [2.75, 3.05) is 16.4 Å². The minimum Gasteiger partial charge on any atom is -0.383 e. The topological polar surface area (TPSA) is 111 Å². The smallest absolute Gasteiger partial charge is 0.383 e. The molecule has 39 heavy (non-hydrogen) atoms. The Morgan fingerprint density at radius 1 is 1.00 bits per heavy atom. The molecule has 3 aromatic heterocycles. The molecule has 0 aliphatic heterocycles. The Balaban J connectivity index is 1.37. The Bertz CT molecular complexity index is 1660. The first kappa shape index (κ1) is 25.6. The van der Waals surface area contributed by atoms with Gasteiger partial charge < -0.3 is 20.9 Å². The number of alkyl halides is 3. The molecule has 0 unspecified atom stereocenters. The summed E-state index contributed by atoms with van der Waals surface area (Å²) in [6.45, 7) is 0.184. The second-order valence-electron chi connectivity index (χ2n) is 8.71. The lowest BCUT2D eigenvalue weighted by Crippen LogP contribution is -2.18. The first-order valence-electron chi connectivity index (χ1n) is 11.6. The van der Waals surface area contributed by atoms with Crippen LogP contribution in [0.25, 0.3) is 22.3 Å². The number of amides is 1. The van der Waals surface area contributed by atoms with Gasteiger partial charge in [0.25, 0.3) is 5.91 Å². The van der Waals surface area contributed by atoms with Gasteiger partial charge in [-0.25, -0.2) is 19.3 Å². The zero-order valence-electron chi connectivity index (χ0n) is 20.4. The van der Waals surface area contributed by atoms with Crippen LogP contribution in [0.15, 0.2) is 73.2 Å². The van der Waals surface area contributed by atoms with Crippen LogP contribution >= 0.6 is 0 Å². The summed E-state index contributed by atoms with van der Waals surface area (Å²) in [5, 5.41) is 6.16. The van der Waals surface area contributed by atoms with Crippen LogP contribution in [0.1, 0.15) is 21.5 Å². The molecule has 0 fully saturated rings. The molecule has 0 atom stereocenters. The number of rotatable bonds is 6. The average molecular weight is 536 g/mol. The van der Waals surface area contributed by atoms with Crippen LogP contribution in [0.2, 0.25) is 0 Å². The molecular weight excluding hydrogens is 514 g/mol. The van der Waals surface area contributed by atoms with Gasteiger partial charge in [-0.05, 0) is 47.5 Å². The summed E-state index contributed by atoms with van der Waals surface area (Å²) in [6, 6.07) is 15.0. The van der Waals surface area contributed by atoms with Crippen LogP contribution in [0.4, 0.5) is 34.9 Å². The Kier molecular flexibility index (Phi) is 6.60. The van der Waals surface area contributed by atoms with E-state index in [1.165, 1.54) is 18.5 Å². The zero-order chi connectivity index (χ0) is 27.7. The third-order valence-electron chi connectivity index (χ3n) is 6.13. The lowest BCUT2D eigenvalue weighted by atomic mass is 10.1. The van der Waals surface area contributed by atoms with Crippen LogP contribution in [0.3, 0.4) is 0 Å². The van der Waals surface area contributed by atoms with Crippen LogP contribution in [-0.2, 0) is 19.8 Å². The van der Waals surface area contributed by atoms with E-state index < -0.39 is 23.5 Å². The summed E-state index contributed by atoms with van der Waals surface area (Å²) in [5.41, 5.74) is 8.08. The molecule has 4 N–H and O–H groups in total. The van der Waals surface area contributed by atoms with Crippen LogP contribution in [-0.4, -0.2) is 25.4 Å². The summed E-state index contributed by atoms with van der Waals surface area (Å²) in [4.78, 5) is 25.0. The van der Waals surface area contributed by atoms with Gasteiger partial charge in [0, 0.05) is 25.5 Å². The molecule has 0 saturated carbocycles. The Morgan fingerprint density at radius 3 is 2.38 bits per heavy atom. The Labute approximate surface area is 219 Å². The molecule has 0 spiro atoms. The lowest BCUT2D eigenvalue weighted by Gasteiger charge is -2.14. The van der Waals surface area contributed by atoms with Crippen molar-refractivity contribution in [1.29, 1.82) is 0 Å². The van der Waals surface area contributed by atoms with Crippen molar-refractivity contribution in [3.05, 3.63) is 95.7 Å². The third kappa shape index (κ3) is 5.35. The number of benzene rings is 2. The largest absolute Gasteiger partial charge is 0.417 e. The van der Waals surface area contributed by atoms with Gasteiger partial charge in [-0.15, -0.1) is 0 Å². The van der Waals surface area contributed by atoms with Gasteiger partial charge in [0.2, 0.25) is 0 Å². The highest BCUT2D eigenvalue weighted by Gasteiger charge is 2.32. The fourth-order valence-electron chi connectivity index (χ4n) is 4.07. The number of hydrogen-bond donors (Lipinski definition) is 3. The van der Waals surface area contributed by atoms with Crippen molar-refractivity contribution < 1.29 is 22.4 Å². The number of carbonyl (C=O) groups excluding carboxylic acids is 1. The maximum absolute atomic E-state index is 13.3. The predicted octanol–water partition coefficient (Wildman–Crippen LogP) is 5.63. The first-order valence-corrected chi connectivity index (χ1v) is 11.6. The summed E-state index contributed by atoms with van der Waals surface area (Å²) in [7, 11) is 1.87. The standard InChI is InChI=1S/C27H21F4N7O/c1-38-22(11-20-23(32)35-14-36-25(20)38)16-4-2-15(3-5-16)12-33-24-21(10-17(13-34-24)27(29,30)31)26(39)37-19-8-6-18(28)7-9-19/h2-11,13-14H,12H2,1H3,(H,33,34)(H,37,39)(H2,32,35,36). The van der Waals surface area contributed by atoms with Crippen molar-refractivity contribution >= 4 is 34.3 Å². The molecule has 0 saturated heterocycles. The van der Waals surface area contributed by atoms with Gasteiger partial charge in [-0.2, -0.15) is 13.2 Å². The van der Waals surface area contributed by atoms with E-state index in [0.717, 1.165) is 40.4 Å². The van der Waals surface area contributed by atoms with Gasteiger partial charge in [-0.3, -0.25) is 4.79 Å². The highest BCUT2D eigenvalue weighted by molar-refractivity contribution is 6.07. The molecule has 0 aliphatic rings. The predicted molar refractivity (Wildman–Crippen MR) is 139 cm³/mol. The minimum absolute atomic E-state index is 0.0329. The Hall–Kier alpha value is -5.00. The molecule has 1 amide bonds. The quantitative estimate of drug-likeness (QED) is 0.243. The SMILES string of the molecule is Cn1c(-c2ccc(CNc3ncc(C(F)(F)F)cc3C(=O)Nc3ccc(F)cc3)cc2)cc2c(N)ncnc21. The second-order valence-corrected chi connectivity index (χ2v) is 8.71. The average Bonchev–Trinajstić information content (AvgIpc) is 3.26. The molecular formula is C27H21F4N7O. The number of fused-ring (bicyclic) bond motifs is 1. The van der Waals surface area contributed by atoms with Crippen molar-refractivity contribution in [2.45, 2.75) is 12.7 Å². The Morgan fingerprint density at radius 2 is 1.72 bits per heavy atom. The molecule has 5 aromatic rings. The molecule has 0 bridgehead atoms. The molecule has 0 radical (unpaired) electrons. The van der Waals surface area contributed by atoms with E-state index in [1.54, 1.807) is 0 Å². The highest BCUT2D eigenvalue weighted by Crippen LogP contribution is 2.32. The number of halogens is 4. The third-order valence-corrected chi connectivity index (χ3v) is 6.13. The van der Waals surface area contributed by atoms with E-state index in [-0.39, 0.29) is 23.6 Å². The molecule has 0 aliphatic carbocycles. The molecule has 2 aromatic carbocycles. The summed E-state index contributed by atoms with van der Waals surface area (Å²) in [6.07, 6.45) is -2.63. The van der Waals surface area contributed by atoms with E-state index in [4.69, 9.17) is 5.73 Å². The number of nitrogens with two attached hydrogens (primary N) is 1. The van der Waals surface area contributed by atoms with E-state index >= 15 is 0 Å². The molecule has 198 valence electrons. The fourth-order valence-corrected chi connectivity index (χ4v) is 4.07. The summed E-state index contributed by atoms with van der Waals surface area (Å²) in [5.74, 6) is -0.989. The molecule has 3 heterocycles. The number of nitrogen functional groups attached to an aromatic ring is 1. The molecule has 12 heteroatoms. The van der Waals surface area contributed by atoms with E-state index in [9.17, 15) is 22.4 Å². The summed E-state index contributed by atoms with van der Waals surface area (Å²) >= 11 is 0. The van der Waals surface area contributed by atoms with Crippen molar-refractivity contribution in [2.24, 2.45) is 7.05 Å². The van der Waals surface area contributed by atoms with Crippen LogP contribution in [0, 0.1) is 5.82 Å². The minimum atomic E-state index is -4.69. The van der Waals surface area contributed by atoms with Gasteiger partial charge in [0.1, 0.15) is 29.4 Å². The zero-order valence-corrected chi connectivity index (χ0v) is 20.4. The maximum Gasteiger partial charge on any atom is 0.417 e. The number of nitrogens with one attached hydrogen (secondary N) is 2. The number of carbonyl (C=O) groups is 1. The number of aryl methyl sites for hydroxylation is 1.